The smallest absolute Gasteiger partial charge is 0.231 e. The Kier molecular flexibility index (Phi) is 3.38. The van der Waals surface area contributed by atoms with Gasteiger partial charge < -0.3 is 14.8 Å². The molecule has 0 bridgehead atoms. The zero-order chi connectivity index (χ0) is 13.1. The van der Waals surface area contributed by atoms with E-state index in [-0.39, 0.29) is 0 Å². The largest absolute Gasteiger partial charge is 0.454 e. The molecule has 1 aliphatic heterocycles. The Morgan fingerprint density at radius 1 is 0.947 bits per heavy atom. The molecule has 0 saturated carbocycles. The lowest BCUT2D eigenvalue weighted by Gasteiger charge is -2.06. The summed E-state index contributed by atoms with van der Waals surface area (Å²) in [4.78, 5) is 0. The molecule has 98 valence electrons. The molecular weight excluding hydrogens is 238 g/mol. The van der Waals surface area contributed by atoms with Crippen molar-refractivity contribution in [2.75, 3.05) is 13.8 Å². The number of benzene rings is 2. The van der Waals surface area contributed by atoms with Crippen LogP contribution in [-0.4, -0.2) is 13.8 Å². The molecule has 3 rings (SSSR count). The van der Waals surface area contributed by atoms with Crippen LogP contribution in [0.15, 0.2) is 42.5 Å². The minimum absolute atomic E-state index is 0.330. The molecule has 1 N–H and O–H groups in total. The van der Waals surface area contributed by atoms with E-state index in [1.54, 1.807) is 0 Å². The third-order valence-corrected chi connectivity index (χ3v) is 3.22. The van der Waals surface area contributed by atoms with Gasteiger partial charge in [0.1, 0.15) is 0 Å². The van der Waals surface area contributed by atoms with E-state index in [0.29, 0.717) is 6.79 Å². The first-order valence-corrected chi connectivity index (χ1v) is 6.46. The van der Waals surface area contributed by atoms with E-state index in [4.69, 9.17) is 9.47 Å². The van der Waals surface area contributed by atoms with E-state index in [2.05, 4.69) is 41.7 Å². The van der Waals surface area contributed by atoms with E-state index in [9.17, 15) is 0 Å². The molecule has 0 saturated heterocycles. The third kappa shape index (κ3) is 2.71. The highest BCUT2D eigenvalue weighted by molar-refractivity contribution is 5.45. The summed E-state index contributed by atoms with van der Waals surface area (Å²) >= 11 is 0. The molecule has 2 aromatic rings. The predicted octanol–water partition coefficient (Wildman–Crippen LogP) is 2.73. The lowest BCUT2D eigenvalue weighted by molar-refractivity contribution is 0.174. The Hall–Kier alpha value is -2.00. The van der Waals surface area contributed by atoms with Crippen LogP contribution in [0, 0.1) is 0 Å². The summed E-state index contributed by atoms with van der Waals surface area (Å²) < 4.78 is 10.7. The van der Waals surface area contributed by atoms with E-state index in [1.807, 2.05) is 13.1 Å². The minimum atomic E-state index is 0.330. The first-order chi connectivity index (χ1) is 9.35. The number of fused-ring (bicyclic) bond motifs is 1. The Morgan fingerprint density at radius 3 is 2.63 bits per heavy atom. The second kappa shape index (κ2) is 5.33. The van der Waals surface area contributed by atoms with Gasteiger partial charge >= 0.3 is 0 Å². The first kappa shape index (κ1) is 12.1. The summed E-state index contributed by atoms with van der Waals surface area (Å²) in [5.74, 6) is 1.69. The Bertz CT molecular complexity index is 581. The second-order valence-corrected chi connectivity index (χ2v) is 4.71. The van der Waals surface area contributed by atoms with Gasteiger partial charge in [0.15, 0.2) is 11.5 Å². The quantitative estimate of drug-likeness (QED) is 0.911. The molecule has 1 aliphatic rings. The maximum atomic E-state index is 5.41. The molecule has 0 unspecified atom stereocenters. The van der Waals surface area contributed by atoms with Crippen LogP contribution in [-0.2, 0) is 13.0 Å². The number of nitrogens with one attached hydrogen (secondary N) is 1. The highest BCUT2D eigenvalue weighted by atomic mass is 16.7. The zero-order valence-electron chi connectivity index (χ0n) is 11.0. The Balaban J connectivity index is 1.79. The molecule has 0 atom stereocenters. The van der Waals surface area contributed by atoms with Crippen molar-refractivity contribution in [2.45, 2.75) is 13.0 Å². The van der Waals surface area contributed by atoms with Crippen LogP contribution in [0.25, 0.3) is 0 Å². The molecule has 2 aromatic carbocycles. The van der Waals surface area contributed by atoms with Crippen molar-refractivity contribution in [3.05, 3.63) is 59.2 Å². The molecule has 0 aliphatic carbocycles. The normalized spacial score (nSPS) is 12.7. The van der Waals surface area contributed by atoms with Crippen LogP contribution < -0.4 is 14.8 Å². The summed E-state index contributed by atoms with van der Waals surface area (Å²) in [6, 6.07) is 14.8. The lowest BCUT2D eigenvalue weighted by atomic mass is 10.0. The fourth-order valence-electron chi connectivity index (χ4n) is 2.34. The summed E-state index contributed by atoms with van der Waals surface area (Å²) in [5, 5.41) is 3.17. The number of hydrogen-bond acceptors (Lipinski definition) is 3. The highest BCUT2D eigenvalue weighted by Gasteiger charge is 2.13. The maximum Gasteiger partial charge on any atom is 0.231 e. The van der Waals surface area contributed by atoms with Gasteiger partial charge in [-0.2, -0.15) is 0 Å². The molecule has 1 heterocycles. The van der Waals surface area contributed by atoms with Crippen molar-refractivity contribution in [1.29, 1.82) is 0 Å². The minimum Gasteiger partial charge on any atom is -0.454 e. The average Bonchev–Trinajstić information content (AvgIpc) is 2.87. The van der Waals surface area contributed by atoms with Crippen LogP contribution in [0.5, 0.6) is 11.5 Å². The zero-order valence-corrected chi connectivity index (χ0v) is 11.0. The number of hydrogen-bond donors (Lipinski definition) is 1. The monoisotopic (exact) mass is 255 g/mol. The molecule has 0 radical (unpaired) electrons. The van der Waals surface area contributed by atoms with Crippen LogP contribution in [0.2, 0.25) is 0 Å². The van der Waals surface area contributed by atoms with Crippen molar-refractivity contribution in [3.8, 4) is 11.5 Å². The second-order valence-electron chi connectivity index (χ2n) is 4.71. The fourth-order valence-corrected chi connectivity index (χ4v) is 2.34. The summed E-state index contributed by atoms with van der Waals surface area (Å²) in [6.45, 7) is 1.23. The molecule has 3 heteroatoms. The molecule has 0 fully saturated rings. The van der Waals surface area contributed by atoms with E-state index >= 15 is 0 Å². The molecule has 0 aromatic heterocycles. The van der Waals surface area contributed by atoms with Gasteiger partial charge in [0.2, 0.25) is 6.79 Å². The van der Waals surface area contributed by atoms with Crippen molar-refractivity contribution >= 4 is 0 Å². The number of ether oxygens (including phenoxy) is 2. The van der Waals surface area contributed by atoms with Gasteiger partial charge in [-0.15, -0.1) is 0 Å². The molecular formula is C16H17NO2. The van der Waals surface area contributed by atoms with Gasteiger partial charge in [0.05, 0.1) is 0 Å². The third-order valence-electron chi connectivity index (χ3n) is 3.22. The SMILES string of the molecule is CNCc1cccc(Cc2ccc3c(c2)OCO3)c1. The standard InChI is InChI=1S/C16H17NO2/c1-17-10-14-4-2-3-12(8-14)7-13-5-6-15-16(9-13)19-11-18-15/h2-6,8-9,17H,7,10-11H2,1H3. The van der Waals surface area contributed by atoms with E-state index < -0.39 is 0 Å². The summed E-state index contributed by atoms with van der Waals surface area (Å²) in [6.07, 6.45) is 0.911. The highest BCUT2D eigenvalue weighted by Crippen LogP contribution is 2.33. The lowest BCUT2D eigenvalue weighted by Crippen LogP contribution is -2.05. The van der Waals surface area contributed by atoms with Crippen molar-refractivity contribution in [3.63, 3.8) is 0 Å². The average molecular weight is 255 g/mol. The van der Waals surface area contributed by atoms with Crippen LogP contribution in [0.3, 0.4) is 0 Å². The Morgan fingerprint density at radius 2 is 1.74 bits per heavy atom. The molecule has 19 heavy (non-hydrogen) atoms. The van der Waals surface area contributed by atoms with E-state index in [0.717, 1.165) is 24.5 Å². The molecule has 3 nitrogen and oxygen atoms in total. The van der Waals surface area contributed by atoms with E-state index in [1.165, 1.54) is 16.7 Å². The first-order valence-electron chi connectivity index (χ1n) is 6.46. The van der Waals surface area contributed by atoms with Gasteiger partial charge in [0, 0.05) is 6.54 Å². The van der Waals surface area contributed by atoms with Gasteiger partial charge in [-0.3, -0.25) is 0 Å². The summed E-state index contributed by atoms with van der Waals surface area (Å²) in [7, 11) is 1.96. The molecule has 0 spiro atoms. The van der Waals surface area contributed by atoms with Crippen LogP contribution >= 0.6 is 0 Å². The van der Waals surface area contributed by atoms with Crippen molar-refractivity contribution in [1.82, 2.24) is 5.32 Å². The van der Waals surface area contributed by atoms with Crippen LogP contribution in [0.1, 0.15) is 16.7 Å². The van der Waals surface area contributed by atoms with Gasteiger partial charge in [-0.25, -0.2) is 0 Å². The van der Waals surface area contributed by atoms with Gasteiger partial charge in [0.25, 0.3) is 0 Å². The van der Waals surface area contributed by atoms with Crippen LogP contribution in [0.4, 0.5) is 0 Å². The fraction of sp³-hybridized carbons (Fsp3) is 0.250. The van der Waals surface area contributed by atoms with Gasteiger partial charge in [-0.1, -0.05) is 30.3 Å². The maximum absolute atomic E-state index is 5.41. The van der Waals surface area contributed by atoms with Gasteiger partial charge in [-0.05, 0) is 42.3 Å². The Labute approximate surface area is 113 Å². The predicted molar refractivity (Wildman–Crippen MR) is 74.6 cm³/mol. The molecule has 0 amide bonds. The van der Waals surface area contributed by atoms with Crippen molar-refractivity contribution < 1.29 is 9.47 Å². The summed E-state index contributed by atoms with van der Waals surface area (Å²) in [5.41, 5.74) is 3.86. The topological polar surface area (TPSA) is 30.5 Å². The number of rotatable bonds is 4. The van der Waals surface area contributed by atoms with Crippen molar-refractivity contribution in [2.24, 2.45) is 0 Å².